The van der Waals surface area contributed by atoms with E-state index in [9.17, 15) is 8.42 Å². The molecule has 0 radical (unpaired) electrons. The van der Waals surface area contributed by atoms with Crippen LogP contribution in [0.4, 0.5) is 0 Å². The van der Waals surface area contributed by atoms with Gasteiger partial charge in [-0.3, -0.25) is 0 Å². The second kappa shape index (κ2) is 8.32. The third-order valence-electron chi connectivity index (χ3n) is 3.12. The minimum atomic E-state index is -3.24. The van der Waals surface area contributed by atoms with Gasteiger partial charge in [-0.05, 0) is 26.3 Å². The van der Waals surface area contributed by atoms with Gasteiger partial charge in [0.05, 0.1) is 11.9 Å². The van der Waals surface area contributed by atoms with Crippen LogP contribution in [0.15, 0.2) is 0 Å². The number of methoxy groups -OCH3 is 1. The Kier molecular flexibility index (Phi) is 8.38. The Morgan fingerprint density at radius 1 is 1.50 bits per heavy atom. The van der Waals surface area contributed by atoms with Gasteiger partial charge >= 0.3 is 0 Å². The van der Waals surface area contributed by atoms with Crippen LogP contribution in [-0.2, 0) is 14.8 Å². The average Bonchev–Trinajstić information content (AvgIpc) is 2.79. The zero-order chi connectivity index (χ0) is 12.9. The molecule has 0 amide bonds. The van der Waals surface area contributed by atoms with Crippen molar-refractivity contribution in [2.75, 3.05) is 33.4 Å². The summed E-state index contributed by atoms with van der Waals surface area (Å²) in [6, 6.07) is 0.110. The zero-order valence-electron chi connectivity index (χ0n) is 11.4. The van der Waals surface area contributed by atoms with E-state index in [1.807, 2.05) is 6.92 Å². The van der Waals surface area contributed by atoms with E-state index in [-0.39, 0.29) is 25.1 Å². The SMILES string of the molecule is CCCN(C1CCNC1)S(=O)(=O)C(C)COC.Cl. The molecule has 5 nitrogen and oxygen atoms in total. The minimum Gasteiger partial charge on any atom is -0.383 e. The lowest BCUT2D eigenvalue weighted by molar-refractivity contribution is 0.196. The van der Waals surface area contributed by atoms with Gasteiger partial charge in [-0.15, -0.1) is 12.4 Å². The molecule has 0 spiro atoms. The van der Waals surface area contributed by atoms with E-state index in [2.05, 4.69) is 5.32 Å². The fraction of sp³-hybridized carbons (Fsp3) is 1.00. The third-order valence-corrected chi connectivity index (χ3v) is 5.41. The fourth-order valence-corrected chi connectivity index (χ4v) is 3.98. The molecule has 1 aliphatic heterocycles. The average molecular weight is 301 g/mol. The van der Waals surface area contributed by atoms with Crippen molar-refractivity contribution in [3.8, 4) is 0 Å². The molecule has 1 aliphatic rings. The molecule has 0 saturated carbocycles. The van der Waals surface area contributed by atoms with Crippen LogP contribution in [0.1, 0.15) is 26.7 Å². The summed E-state index contributed by atoms with van der Waals surface area (Å²) < 4.78 is 31.5. The molecule has 2 unspecified atom stereocenters. The Hall–Kier alpha value is 0.120. The van der Waals surface area contributed by atoms with Crippen LogP contribution in [0.5, 0.6) is 0 Å². The fourth-order valence-electron chi connectivity index (χ4n) is 2.18. The van der Waals surface area contributed by atoms with Crippen molar-refractivity contribution in [2.45, 2.75) is 38.0 Å². The summed E-state index contributed by atoms with van der Waals surface area (Å²) in [7, 11) is -1.71. The molecular weight excluding hydrogens is 276 g/mol. The molecule has 2 atom stereocenters. The lowest BCUT2D eigenvalue weighted by Crippen LogP contribution is -2.46. The second-order valence-corrected chi connectivity index (χ2v) is 6.87. The van der Waals surface area contributed by atoms with E-state index in [1.54, 1.807) is 11.2 Å². The third kappa shape index (κ3) is 4.35. The zero-order valence-corrected chi connectivity index (χ0v) is 13.0. The summed E-state index contributed by atoms with van der Waals surface area (Å²) in [5, 5.41) is 2.74. The molecule has 0 aliphatic carbocycles. The standard InChI is InChI=1S/C11H24N2O3S.ClH/c1-4-7-13(11-5-6-12-8-11)17(14,15)10(2)9-16-3;/h10-12H,4-9H2,1-3H3;1H. The van der Waals surface area contributed by atoms with E-state index in [0.29, 0.717) is 6.54 Å². The first kappa shape index (κ1) is 18.1. The van der Waals surface area contributed by atoms with Crippen LogP contribution in [0.3, 0.4) is 0 Å². The van der Waals surface area contributed by atoms with Gasteiger partial charge in [-0.1, -0.05) is 6.92 Å². The van der Waals surface area contributed by atoms with Gasteiger partial charge in [0.2, 0.25) is 10.0 Å². The van der Waals surface area contributed by atoms with Crippen LogP contribution in [0.2, 0.25) is 0 Å². The van der Waals surface area contributed by atoms with Crippen molar-refractivity contribution in [2.24, 2.45) is 0 Å². The number of hydrogen-bond acceptors (Lipinski definition) is 4. The van der Waals surface area contributed by atoms with Gasteiger partial charge < -0.3 is 10.1 Å². The van der Waals surface area contributed by atoms with E-state index < -0.39 is 15.3 Å². The predicted molar refractivity (Wildman–Crippen MR) is 75.8 cm³/mol. The van der Waals surface area contributed by atoms with Gasteiger partial charge in [-0.2, -0.15) is 4.31 Å². The number of rotatable bonds is 7. The molecule has 110 valence electrons. The van der Waals surface area contributed by atoms with Crippen LogP contribution >= 0.6 is 12.4 Å². The summed E-state index contributed by atoms with van der Waals surface area (Å²) in [5.41, 5.74) is 0. The molecule has 1 heterocycles. The van der Waals surface area contributed by atoms with Crippen molar-refractivity contribution in [3.05, 3.63) is 0 Å². The first-order valence-electron chi connectivity index (χ1n) is 6.24. The molecule has 1 saturated heterocycles. The second-order valence-electron chi connectivity index (χ2n) is 4.57. The maximum Gasteiger partial charge on any atom is 0.219 e. The molecule has 7 heteroatoms. The molecule has 18 heavy (non-hydrogen) atoms. The maximum absolute atomic E-state index is 12.4. The topological polar surface area (TPSA) is 58.6 Å². The molecule has 0 aromatic carbocycles. The highest BCUT2D eigenvalue weighted by Crippen LogP contribution is 2.18. The van der Waals surface area contributed by atoms with Gasteiger partial charge in [0.15, 0.2) is 0 Å². The van der Waals surface area contributed by atoms with Gasteiger partial charge in [0.1, 0.15) is 0 Å². The Morgan fingerprint density at radius 3 is 2.61 bits per heavy atom. The molecule has 0 bridgehead atoms. The van der Waals surface area contributed by atoms with Crippen molar-refractivity contribution in [3.63, 3.8) is 0 Å². The monoisotopic (exact) mass is 300 g/mol. The van der Waals surface area contributed by atoms with Gasteiger partial charge in [-0.25, -0.2) is 8.42 Å². The molecule has 0 aromatic heterocycles. The normalized spacial score (nSPS) is 21.9. The van der Waals surface area contributed by atoms with Gasteiger partial charge in [0, 0.05) is 26.2 Å². The number of nitrogens with one attached hydrogen (secondary N) is 1. The largest absolute Gasteiger partial charge is 0.383 e. The van der Waals surface area contributed by atoms with Crippen molar-refractivity contribution >= 4 is 22.4 Å². The first-order chi connectivity index (χ1) is 8.04. The van der Waals surface area contributed by atoms with Crippen molar-refractivity contribution in [1.82, 2.24) is 9.62 Å². The first-order valence-corrected chi connectivity index (χ1v) is 7.74. The molecule has 0 aromatic rings. The van der Waals surface area contributed by atoms with Crippen LogP contribution in [-0.4, -0.2) is 57.4 Å². The minimum absolute atomic E-state index is 0. The van der Waals surface area contributed by atoms with Crippen molar-refractivity contribution < 1.29 is 13.2 Å². The summed E-state index contributed by atoms with van der Waals surface area (Å²) in [4.78, 5) is 0. The lowest BCUT2D eigenvalue weighted by Gasteiger charge is -2.29. The lowest BCUT2D eigenvalue weighted by atomic mass is 10.2. The van der Waals surface area contributed by atoms with Gasteiger partial charge in [0.25, 0.3) is 0 Å². The maximum atomic E-state index is 12.4. The van der Waals surface area contributed by atoms with E-state index >= 15 is 0 Å². The summed E-state index contributed by atoms with van der Waals surface area (Å²) in [5.74, 6) is 0. The summed E-state index contributed by atoms with van der Waals surface area (Å²) >= 11 is 0. The van der Waals surface area contributed by atoms with Crippen LogP contribution in [0.25, 0.3) is 0 Å². The molecule has 1 rings (SSSR count). The summed E-state index contributed by atoms with van der Waals surface area (Å²) in [6.07, 6.45) is 1.74. The highest BCUT2D eigenvalue weighted by molar-refractivity contribution is 7.89. The number of sulfonamides is 1. The number of ether oxygens (including phenoxy) is 1. The highest BCUT2D eigenvalue weighted by atomic mass is 35.5. The van der Waals surface area contributed by atoms with E-state index in [4.69, 9.17) is 4.74 Å². The summed E-state index contributed by atoms with van der Waals surface area (Å²) in [6.45, 7) is 6.24. The Balaban J connectivity index is 0.00000289. The smallest absolute Gasteiger partial charge is 0.219 e. The number of nitrogens with zero attached hydrogens (tertiary/aromatic N) is 1. The van der Waals surface area contributed by atoms with Crippen LogP contribution in [0, 0.1) is 0 Å². The predicted octanol–water partition coefficient (Wildman–Crippen LogP) is 0.847. The van der Waals surface area contributed by atoms with E-state index in [1.165, 1.54) is 7.11 Å². The Labute approximate surface area is 117 Å². The molecular formula is C11H25ClN2O3S. The number of hydrogen-bond donors (Lipinski definition) is 1. The quantitative estimate of drug-likeness (QED) is 0.757. The molecule has 1 fully saturated rings. The highest BCUT2D eigenvalue weighted by Gasteiger charge is 2.34. The van der Waals surface area contributed by atoms with Crippen LogP contribution < -0.4 is 5.32 Å². The Bertz CT molecular complexity index is 318. The Morgan fingerprint density at radius 2 is 2.17 bits per heavy atom. The number of halogens is 1. The van der Waals surface area contributed by atoms with E-state index in [0.717, 1.165) is 25.9 Å². The van der Waals surface area contributed by atoms with Crippen molar-refractivity contribution in [1.29, 1.82) is 0 Å². The molecule has 1 N–H and O–H groups in total.